The number of guanidine groups is 1. The lowest BCUT2D eigenvalue weighted by Gasteiger charge is -2.23. The first-order valence-corrected chi connectivity index (χ1v) is 9.03. The molecular formula is C20H32IN5O. The largest absolute Gasteiger partial charge is 0.383 e. The van der Waals surface area contributed by atoms with Gasteiger partial charge in [0.1, 0.15) is 5.60 Å². The van der Waals surface area contributed by atoms with E-state index >= 15 is 0 Å². The minimum absolute atomic E-state index is 0. The summed E-state index contributed by atoms with van der Waals surface area (Å²) < 4.78 is 1.69. The van der Waals surface area contributed by atoms with Crippen LogP contribution in [0.1, 0.15) is 41.7 Å². The van der Waals surface area contributed by atoms with Gasteiger partial charge in [0.2, 0.25) is 0 Å². The van der Waals surface area contributed by atoms with Gasteiger partial charge in [-0.05, 0) is 51.3 Å². The summed E-state index contributed by atoms with van der Waals surface area (Å²) in [5, 5.41) is 21.3. The number of benzene rings is 1. The van der Waals surface area contributed by atoms with Crippen LogP contribution in [0.15, 0.2) is 29.5 Å². The number of aromatic nitrogens is 2. The average Bonchev–Trinajstić information content (AvgIpc) is 2.99. The smallest absolute Gasteiger partial charge is 0.191 e. The van der Waals surface area contributed by atoms with Crippen LogP contribution >= 0.6 is 24.0 Å². The van der Waals surface area contributed by atoms with Gasteiger partial charge in [-0.2, -0.15) is 5.10 Å². The molecular weight excluding hydrogens is 453 g/mol. The molecule has 0 amide bonds. The number of aryl methyl sites for hydroxylation is 4. The van der Waals surface area contributed by atoms with Gasteiger partial charge in [-0.25, -0.2) is 4.99 Å². The minimum Gasteiger partial charge on any atom is -0.383 e. The number of aliphatic hydroxyl groups is 1. The fraction of sp³-hybridized carbons (Fsp3) is 0.500. The van der Waals surface area contributed by atoms with E-state index in [1.54, 1.807) is 17.8 Å². The number of hydrogen-bond donors (Lipinski definition) is 3. The third-order valence-corrected chi connectivity index (χ3v) is 4.51. The molecule has 6 nitrogen and oxygen atoms in total. The summed E-state index contributed by atoms with van der Waals surface area (Å²) in [5.41, 5.74) is 4.76. The molecule has 1 atom stereocenters. The normalized spacial score (nSPS) is 13.7. The number of nitrogens with one attached hydrogen (secondary N) is 2. The molecule has 0 saturated carbocycles. The Kier molecular flexibility index (Phi) is 8.74. The van der Waals surface area contributed by atoms with Crippen molar-refractivity contribution in [1.29, 1.82) is 0 Å². The first-order chi connectivity index (χ1) is 12.2. The third kappa shape index (κ3) is 6.49. The first-order valence-electron chi connectivity index (χ1n) is 9.03. The van der Waals surface area contributed by atoms with Crippen LogP contribution in [0.25, 0.3) is 0 Å². The Hall–Kier alpha value is -1.61. The Balaban J connectivity index is 0.00000364. The molecule has 0 aliphatic heterocycles. The summed E-state index contributed by atoms with van der Waals surface area (Å²) in [4.78, 5) is 4.70. The zero-order valence-electron chi connectivity index (χ0n) is 17.1. The molecule has 1 aromatic heterocycles. The molecule has 27 heavy (non-hydrogen) atoms. The van der Waals surface area contributed by atoms with Crippen LogP contribution in [0.3, 0.4) is 0 Å². The molecule has 0 aliphatic rings. The Morgan fingerprint density at radius 2 is 1.85 bits per heavy atom. The van der Waals surface area contributed by atoms with Crippen molar-refractivity contribution in [3.63, 3.8) is 0 Å². The molecule has 0 aliphatic carbocycles. The van der Waals surface area contributed by atoms with Gasteiger partial charge in [0.25, 0.3) is 0 Å². The van der Waals surface area contributed by atoms with Crippen LogP contribution in [0.4, 0.5) is 0 Å². The van der Waals surface area contributed by atoms with Crippen molar-refractivity contribution in [2.45, 2.75) is 46.8 Å². The van der Waals surface area contributed by atoms with Crippen molar-refractivity contribution in [3.05, 3.63) is 52.3 Å². The van der Waals surface area contributed by atoms with E-state index in [1.807, 2.05) is 20.2 Å². The van der Waals surface area contributed by atoms with Crippen molar-refractivity contribution in [2.75, 3.05) is 13.1 Å². The van der Waals surface area contributed by atoms with Crippen molar-refractivity contribution in [1.82, 2.24) is 20.4 Å². The SMILES string of the molecule is CCNC(=NCc1c(C)cc(C)cc1C)NCC(C)(O)c1cnn(C)c1.I. The summed E-state index contributed by atoms with van der Waals surface area (Å²) in [5.74, 6) is 0.691. The van der Waals surface area contributed by atoms with Gasteiger partial charge in [-0.3, -0.25) is 4.68 Å². The summed E-state index contributed by atoms with van der Waals surface area (Å²) >= 11 is 0. The maximum Gasteiger partial charge on any atom is 0.191 e. The van der Waals surface area contributed by atoms with Crippen LogP contribution in [0, 0.1) is 20.8 Å². The summed E-state index contributed by atoms with van der Waals surface area (Å²) in [6.07, 6.45) is 3.51. The van der Waals surface area contributed by atoms with Gasteiger partial charge in [0.15, 0.2) is 5.96 Å². The fourth-order valence-corrected chi connectivity index (χ4v) is 3.02. The zero-order chi connectivity index (χ0) is 19.3. The van der Waals surface area contributed by atoms with Gasteiger partial charge in [0.05, 0.1) is 19.3 Å². The molecule has 0 saturated heterocycles. The monoisotopic (exact) mass is 485 g/mol. The second-order valence-electron chi connectivity index (χ2n) is 7.10. The minimum atomic E-state index is -1.03. The summed E-state index contributed by atoms with van der Waals surface area (Å²) in [7, 11) is 1.84. The first kappa shape index (κ1) is 23.4. The Morgan fingerprint density at radius 3 is 2.37 bits per heavy atom. The summed E-state index contributed by atoms with van der Waals surface area (Å²) in [6, 6.07) is 4.37. The van der Waals surface area contributed by atoms with Gasteiger partial charge in [-0.15, -0.1) is 24.0 Å². The van der Waals surface area contributed by atoms with Gasteiger partial charge >= 0.3 is 0 Å². The molecule has 0 radical (unpaired) electrons. The highest BCUT2D eigenvalue weighted by molar-refractivity contribution is 14.0. The van der Waals surface area contributed by atoms with E-state index in [0.29, 0.717) is 19.0 Å². The molecule has 3 N–H and O–H groups in total. The lowest BCUT2D eigenvalue weighted by atomic mass is 10.00. The maximum atomic E-state index is 10.7. The zero-order valence-corrected chi connectivity index (χ0v) is 19.5. The molecule has 0 fully saturated rings. The highest BCUT2D eigenvalue weighted by Crippen LogP contribution is 2.19. The quantitative estimate of drug-likeness (QED) is 0.334. The van der Waals surface area contributed by atoms with Gasteiger partial charge < -0.3 is 15.7 Å². The molecule has 1 aromatic carbocycles. The number of halogens is 1. The van der Waals surface area contributed by atoms with E-state index < -0.39 is 5.60 Å². The molecule has 0 bridgehead atoms. The van der Waals surface area contributed by atoms with Crippen molar-refractivity contribution in [3.8, 4) is 0 Å². The van der Waals surface area contributed by atoms with Crippen LogP contribution < -0.4 is 10.6 Å². The molecule has 2 rings (SSSR count). The van der Waals surface area contributed by atoms with Crippen LogP contribution in [-0.4, -0.2) is 33.9 Å². The topological polar surface area (TPSA) is 74.5 Å². The Labute approximate surface area is 179 Å². The van der Waals surface area contributed by atoms with E-state index in [-0.39, 0.29) is 24.0 Å². The van der Waals surface area contributed by atoms with Crippen molar-refractivity contribution in [2.24, 2.45) is 12.0 Å². The predicted molar refractivity (Wildman–Crippen MR) is 122 cm³/mol. The molecule has 1 unspecified atom stereocenters. The Morgan fingerprint density at radius 1 is 1.22 bits per heavy atom. The van der Waals surface area contributed by atoms with E-state index in [0.717, 1.165) is 12.1 Å². The van der Waals surface area contributed by atoms with Gasteiger partial charge in [0, 0.05) is 25.4 Å². The fourth-order valence-electron chi connectivity index (χ4n) is 3.02. The summed E-state index contributed by atoms with van der Waals surface area (Å²) in [6.45, 7) is 11.9. The highest BCUT2D eigenvalue weighted by Gasteiger charge is 2.25. The van der Waals surface area contributed by atoms with Crippen LogP contribution in [0.5, 0.6) is 0 Å². The Bertz CT molecular complexity index is 759. The van der Waals surface area contributed by atoms with E-state index in [4.69, 9.17) is 4.99 Å². The van der Waals surface area contributed by atoms with Gasteiger partial charge in [-0.1, -0.05) is 17.7 Å². The molecule has 150 valence electrons. The van der Waals surface area contributed by atoms with Crippen molar-refractivity contribution >= 4 is 29.9 Å². The number of rotatable bonds is 6. The molecule has 2 aromatic rings. The third-order valence-electron chi connectivity index (χ3n) is 4.51. The maximum absolute atomic E-state index is 10.7. The van der Waals surface area contributed by atoms with Crippen molar-refractivity contribution < 1.29 is 5.11 Å². The lowest BCUT2D eigenvalue weighted by Crippen LogP contribution is -2.44. The highest BCUT2D eigenvalue weighted by atomic mass is 127. The average molecular weight is 485 g/mol. The second-order valence-corrected chi connectivity index (χ2v) is 7.10. The second kappa shape index (κ2) is 10.1. The number of hydrogen-bond acceptors (Lipinski definition) is 3. The van der Waals surface area contributed by atoms with Crippen LogP contribution in [0.2, 0.25) is 0 Å². The van der Waals surface area contributed by atoms with E-state index in [9.17, 15) is 5.11 Å². The van der Waals surface area contributed by atoms with Crippen LogP contribution in [-0.2, 0) is 19.2 Å². The van der Waals surface area contributed by atoms with E-state index in [2.05, 4.69) is 48.6 Å². The molecule has 0 spiro atoms. The standard InChI is InChI=1S/C20H31N5O.HI/c1-7-21-19(22-11-18-15(3)8-14(2)9-16(18)4)23-13-20(5,26)17-10-24-25(6)12-17;/h8-10,12,26H,7,11,13H2,1-6H3,(H2,21,22,23);1H. The number of aliphatic imine (C=N–C) groups is 1. The molecule has 1 heterocycles. The number of nitrogens with zero attached hydrogens (tertiary/aromatic N) is 3. The molecule has 7 heteroatoms. The lowest BCUT2D eigenvalue weighted by molar-refractivity contribution is 0.0616. The van der Waals surface area contributed by atoms with E-state index in [1.165, 1.54) is 22.3 Å². The predicted octanol–water partition coefficient (Wildman–Crippen LogP) is 2.93.